The molecular weight excluding hydrogens is 310 g/mol. The van der Waals surface area contributed by atoms with Crippen molar-refractivity contribution in [2.75, 3.05) is 38.1 Å². The number of piperazine rings is 1. The molecule has 1 aliphatic rings. The van der Waals surface area contributed by atoms with E-state index in [1.807, 2.05) is 32.0 Å². The molecular formula is C17H23N3O4. The SMILES string of the molecule is CCOC(=O)N1CCN(C(=O)C(=O)Nc2cc(C)cc(C)c2)CC1. The largest absolute Gasteiger partial charge is 0.450 e. The van der Waals surface area contributed by atoms with Gasteiger partial charge in [-0.2, -0.15) is 0 Å². The smallest absolute Gasteiger partial charge is 0.409 e. The highest BCUT2D eigenvalue weighted by atomic mass is 16.6. The molecule has 1 N–H and O–H groups in total. The van der Waals surface area contributed by atoms with Gasteiger partial charge >= 0.3 is 17.9 Å². The van der Waals surface area contributed by atoms with Crippen molar-refractivity contribution in [2.45, 2.75) is 20.8 Å². The Hall–Kier alpha value is -2.57. The van der Waals surface area contributed by atoms with Crippen LogP contribution in [-0.2, 0) is 14.3 Å². The molecule has 0 spiro atoms. The maximum Gasteiger partial charge on any atom is 0.409 e. The van der Waals surface area contributed by atoms with E-state index in [2.05, 4.69) is 5.32 Å². The molecule has 1 aromatic carbocycles. The van der Waals surface area contributed by atoms with Gasteiger partial charge in [-0.3, -0.25) is 9.59 Å². The molecule has 24 heavy (non-hydrogen) atoms. The van der Waals surface area contributed by atoms with Crippen molar-refractivity contribution in [3.8, 4) is 0 Å². The second-order valence-corrected chi connectivity index (χ2v) is 5.81. The number of benzene rings is 1. The lowest BCUT2D eigenvalue weighted by Crippen LogP contribution is -2.53. The quantitative estimate of drug-likeness (QED) is 0.833. The molecule has 130 valence electrons. The van der Waals surface area contributed by atoms with Crippen LogP contribution in [0.3, 0.4) is 0 Å². The summed E-state index contributed by atoms with van der Waals surface area (Å²) in [5.41, 5.74) is 2.64. The van der Waals surface area contributed by atoms with E-state index in [0.29, 0.717) is 38.5 Å². The fourth-order valence-corrected chi connectivity index (χ4v) is 2.68. The van der Waals surface area contributed by atoms with Crippen LogP contribution in [-0.4, -0.2) is 60.5 Å². The highest BCUT2D eigenvalue weighted by molar-refractivity contribution is 6.39. The van der Waals surface area contributed by atoms with Crippen LogP contribution in [0.2, 0.25) is 0 Å². The highest BCUT2D eigenvalue weighted by Crippen LogP contribution is 2.14. The third kappa shape index (κ3) is 4.47. The fraction of sp³-hybridized carbons (Fsp3) is 0.471. The molecule has 0 aliphatic carbocycles. The predicted octanol–water partition coefficient (Wildman–Crippen LogP) is 1.54. The number of hydrogen-bond acceptors (Lipinski definition) is 4. The summed E-state index contributed by atoms with van der Waals surface area (Å²) in [5.74, 6) is -1.25. The average Bonchev–Trinajstić information content (AvgIpc) is 2.53. The van der Waals surface area contributed by atoms with E-state index in [0.717, 1.165) is 11.1 Å². The second kappa shape index (κ2) is 7.81. The zero-order valence-corrected chi connectivity index (χ0v) is 14.3. The summed E-state index contributed by atoms with van der Waals surface area (Å²) in [6.07, 6.45) is -0.385. The summed E-state index contributed by atoms with van der Waals surface area (Å²) in [6, 6.07) is 5.62. The summed E-state index contributed by atoms with van der Waals surface area (Å²) < 4.78 is 4.93. The Kier molecular flexibility index (Phi) is 5.78. The highest BCUT2D eigenvalue weighted by Gasteiger charge is 2.28. The van der Waals surface area contributed by atoms with E-state index in [4.69, 9.17) is 4.74 Å². The van der Waals surface area contributed by atoms with Gasteiger partial charge in [0.1, 0.15) is 0 Å². The van der Waals surface area contributed by atoms with Crippen LogP contribution >= 0.6 is 0 Å². The first-order valence-corrected chi connectivity index (χ1v) is 8.01. The van der Waals surface area contributed by atoms with Crippen LogP contribution in [0.4, 0.5) is 10.5 Å². The maximum absolute atomic E-state index is 12.3. The van der Waals surface area contributed by atoms with Gasteiger partial charge in [-0.1, -0.05) is 6.07 Å². The Morgan fingerprint density at radius 2 is 1.54 bits per heavy atom. The number of hydrogen-bond donors (Lipinski definition) is 1. The van der Waals surface area contributed by atoms with Gasteiger partial charge in [0.15, 0.2) is 0 Å². The number of carbonyl (C=O) groups excluding carboxylic acids is 3. The fourth-order valence-electron chi connectivity index (χ4n) is 2.68. The summed E-state index contributed by atoms with van der Waals surface area (Å²) >= 11 is 0. The lowest BCUT2D eigenvalue weighted by Gasteiger charge is -2.33. The van der Waals surface area contributed by atoms with Crippen LogP contribution in [0.1, 0.15) is 18.1 Å². The molecule has 1 saturated heterocycles. The Morgan fingerprint density at radius 1 is 1.00 bits per heavy atom. The molecule has 0 atom stereocenters. The average molecular weight is 333 g/mol. The van der Waals surface area contributed by atoms with Crippen LogP contribution in [0.15, 0.2) is 18.2 Å². The van der Waals surface area contributed by atoms with Crippen LogP contribution in [0, 0.1) is 13.8 Å². The Balaban J connectivity index is 1.90. The van der Waals surface area contributed by atoms with Gasteiger partial charge in [0.25, 0.3) is 0 Å². The first-order valence-electron chi connectivity index (χ1n) is 8.01. The summed E-state index contributed by atoms with van der Waals surface area (Å²) in [4.78, 5) is 39.0. The van der Waals surface area contributed by atoms with Gasteiger partial charge in [0.2, 0.25) is 0 Å². The Labute approximate surface area is 141 Å². The third-order valence-electron chi connectivity index (χ3n) is 3.77. The van der Waals surface area contributed by atoms with E-state index in [9.17, 15) is 14.4 Å². The van der Waals surface area contributed by atoms with Crippen LogP contribution in [0.25, 0.3) is 0 Å². The number of nitrogens with one attached hydrogen (secondary N) is 1. The van der Waals surface area contributed by atoms with E-state index in [-0.39, 0.29) is 6.09 Å². The molecule has 0 unspecified atom stereocenters. The number of rotatable bonds is 2. The van der Waals surface area contributed by atoms with Gasteiger partial charge in [-0.05, 0) is 44.0 Å². The normalized spacial score (nSPS) is 14.3. The molecule has 3 amide bonds. The summed E-state index contributed by atoms with van der Waals surface area (Å²) in [7, 11) is 0. The van der Waals surface area contributed by atoms with Crippen molar-refractivity contribution >= 4 is 23.6 Å². The molecule has 1 heterocycles. The minimum Gasteiger partial charge on any atom is -0.450 e. The van der Waals surface area contributed by atoms with Gasteiger partial charge in [-0.15, -0.1) is 0 Å². The van der Waals surface area contributed by atoms with E-state index < -0.39 is 11.8 Å². The van der Waals surface area contributed by atoms with Gasteiger partial charge in [-0.25, -0.2) is 4.79 Å². The molecule has 0 radical (unpaired) electrons. The minimum atomic E-state index is -0.662. The van der Waals surface area contributed by atoms with Gasteiger partial charge in [0, 0.05) is 31.9 Å². The van der Waals surface area contributed by atoms with E-state index >= 15 is 0 Å². The summed E-state index contributed by atoms with van der Waals surface area (Å²) in [6.45, 7) is 7.28. The molecule has 0 bridgehead atoms. The lowest BCUT2D eigenvalue weighted by molar-refractivity contribution is -0.144. The van der Waals surface area contributed by atoms with Crippen LogP contribution < -0.4 is 5.32 Å². The van der Waals surface area contributed by atoms with Crippen molar-refractivity contribution in [3.05, 3.63) is 29.3 Å². The number of anilines is 1. The van der Waals surface area contributed by atoms with Crippen molar-refractivity contribution in [3.63, 3.8) is 0 Å². The molecule has 1 aromatic rings. The number of ether oxygens (including phenoxy) is 1. The standard InChI is InChI=1S/C17H23N3O4/c1-4-24-17(23)20-7-5-19(6-8-20)16(22)15(21)18-14-10-12(2)9-13(3)11-14/h9-11H,4-8H2,1-3H3,(H,18,21). The number of aryl methyl sites for hydroxylation is 2. The molecule has 7 nitrogen and oxygen atoms in total. The molecule has 7 heteroatoms. The zero-order valence-electron chi connectivity index (χ0n) is 14.3. The number of carbonyl (C=O) groups is 3. The van der Waals surface area contributed by atoms with E-state index in [1.54, 1.807) is 6.92 Å². The maximum atomic E-state index is 12.3. The molecule has 1 fully saturated rings. The lowest BCUT2D eigenvalue weighted by atomic mass is 10.1. The second-order valence-electron chi connectivity index (χ2n) is 5.81. The van der Waals surface area contributed by atoms with Gasteiger partial charge < -0.3 is 19.9 Å². The predicted molar refractivity (Wildman–Crippen MR) is 89.7 cm³/mol. The Morgan fingerprint density at radius 3 is 2.08 bits per heavy atom. The van der Waals surface area contributed by atoms with Crippen molar-refractivity contribution in [1.82, 2.24) is 9.80 Å². The molecule has 0 aromatic heterocycles. The number of amides is 3. The topological polar surface area (TPSA) is 79.0 Å². The Bertz CT molecular complexity index is 616. The molecule has 2 rings (SSSR count). The zero-order chi connectivity index (χ0) is 17.7. The van der Waals surface area contributed by atoms with Crippen molar-refractivity contribution in [2.24, 2.45) is 0 Å². The minimum absolute atomic E-state index is 0.316. The molecule has 0 saturated carbocycles. The third-order valence-corrected chi connectivity index (χ3v) is 3.77. The first kappa shape index (κ1) is 17.8. The summed E-state index contributed by atoms with van der Waals surface area (Å²) in [5, 5.41) is 2.64. The number of nitrogens with zero attached hydrogens (tertiary/aromatic N) is 2. The van der Waals surface area contributed by atoms with Crippen LogP contribution in [0.5, 0.6) is 0 Å². The molecule has 1 aliphatic heterocycles. The van der Waals surface area contributed by atoms with Crippen molar-refractivity contribution in [1.29, 1.82) is 0 Å². The van der Waals surface area contributed by atoms with Crippen molar-refractivity contribution < 1.29 is 19.1 Å². The monoisotopic (exact) mass is 333 g/mol. The van der Waals surface area contributed by atoms with E-state index in [1.165, 1.54) is 9.80 Å². The first-order chi connectivity index (χ1) is 11.4. The van der Waals surface area contributed by atoms with Gasteiger partial charge in [0.05, 0.1) is 6.61 Å².